The van der Waals surface area contributed by atoms with Crippen LogP contribution in [0.2, 0.25) is 0 Å². The van der Waals surface area contributed by atoms with E-state index in [0.717, 1.165) is 54.8 Å². The molecule has 412 valence electrons. The number of imide groups is 1. The number of hydrogen-bond acceptors (Lipinski definition) is 15. The predicted molar refractivity (Wildman–Crippen MR) is 286 cm³/mol. The summed E-state index contributed by atoms with van der Waals surface area (Å²) in [5, 5.41) is 24.4. The quantitative estimate of drug-likeness (QED) is 0.0304. The predicted octanol–water partition coefficient (Wildman–Crippen LogP) is 4.51. The average molecular weight is 1060 g/mol. The molecule has 2 aliphatic rings. The van der Waals surface area contributed by atoms with Crippen molar-refractivity contribution in [2.45, 2.75) is 123 Å². The van der Waals surface area contributed by atoms with Gasteiger partial charge in [0.05, 0.1) is 25.6 Å². The molecular formula is C54H71N13O10. The Morgan fingerprint density at radius 1 is 0.883 bits per heavy atom. The van der Waals surface area contributed by atoms with Crippen molar-refractivity contribution in [3.05, 3.63) is 83.1 Å². The number of aromatic nitrogens is 3. The maximum Gasteiger partial charge on any atom is 0.407 e. The zero-order valence-corrected chi connectivity index (χ0v) is 44.2. The Hall–Kier alpha value is -8.26. The molecule has 4 heterocycles. The lowest BCUT2D eigenvalue weighted by Gasteiger charge is -2.32. The molecule has 2 aromatic heterocycles. The summed E-state index contributed by atoms with van der Waals surface area (Å²) in [4.78, 5) is 100. The number of anilines is 2. The normalized spacial score (nSPS) is 14.5. The van der Waals surface area contributed by atoms with Gasteiger partial charge in [-0.25, -0.2) is 9.59 Å². The third kappa shape index (κ3) is 17.1. The molecule has 4 aromatic rings. The van der Waals surface area contributed by atoms with Gasteiger partial charge in [-0.3, -0.25) is 33.8 Å². The Morgan fingerprint density at radius 2 is 1.61 bits per heavy atom. The Bertz CT molecular complexity index is 2780. The zero-order chi connectivity index (χ0) is 55.4. The van der Waals surface area contributed by atoms with E-state index < -0.39 is 36.0 Å². The minimum atomic E-state index is -1.04. The van der Waals surface area contributed by atoms with Crippen LogP contribution in [0.15, 0.2) is 60.7 Å². The van der Waals surface area contributed by atoms with Gasteiger partial charge in [-0.1, -0.05) is 57.9 Å². The topological polar surface area (TPSA) is 320 Å². The van der Waals surface area contributed by atoms with Gasteiger partial charge in [-0.2, -0.15) is 15.2 Å². The summed E-state index contributed by atoms with van der Waals surface area (Å²) in [7, 11) is 1.61. The van der Waals surface area contributed by atoms with Crippen molar-refractivity contribution in [2.75, 3.05) is 50.9 Å². The maximum absolute atomic E-state index is 13.6. The molecule has 0 spiro atoms. The smallest absolute Gasteiger partial charge is 0.407 e. The van der Waals surface area contributed by atoms with Crippen molar-refractivity contribution < 1.29 is 47.8 Å². The number of alkyl carbamates (subject to hydrolysis) is 1. The van der Waals surface area contributed by atoms with Gasteiger partial charge >= 0.3 is 18.1 Å². The highest BCUT2D eigenvalue weighted by Gasteiger charge is 2.30. The summed E-state index contributed by atoms with van der Waals surface area (Å²) in [6.45, 7) is 8.93. The van der Waals surface area contributed by atoms with E-state index in [0.29, 0.717) is 79.1 Å². The van der Waals surface area contributed by atoms with Gasteiger partial charge in [0.2, 0.25) is 17.7 Å². The van der Waals surface area contributed by atoms with Gasteiger partial charge in [0.25, 0.3) is 11.8 Å². The number of piperidine rings is 1. The number of primary amides is 1. The lowest BCUT2D eigenvalue weighted by atomic mass is 10.0. The highest BCUT2D eigenvalue weighted by Crippen LogP contribution is 2.29. The van der Waals surface area contributed by atoms with E-state index in [2.05, 4.69) is 54.4 Å². The number of unbranched alkanes of at least 4 members (excludes halogenated alkanes) is 3. The van der Waals surface area contributed by atoms with Gasteiger partial charge in [-0.05, 0) is 86.3 Å². The van der Waals surface area contributed by atoms with E-state index in [1.165, 1.54) is 12.2 Å². The van der Waals surface area contributed by atoms with E-state index >= 15 is 0 Å². The second-order valence-electron chi connectivity index (χ2n) is 19.4. The molecule has 0 saturated carbocycles. The van der Waals surface area contributed by atoms with Gasteiger partial charge < -0.3 is 56.8 Å². The number of nitrogen functional groups attached to an aromatic ring is 1. The van der Waals surface area contributed by atoms with Crippen molar-refractivity contribution in [1.82, 2.24) is 45.6 Å². The minimum absolute atomic E-state index is 0.0163. The van der Waals surface area contributed by atoms with Crippen molar-refractivity contribution in [3.8, 4) is 17.8 Å². The molecule has 1 saturated heterocycles. The summed E-state index contributed by atoms with van der Waals surface area (Å²) >= 11 is 0. The number of nitrogens with zero attached hydrogens (tertiary/aromatic N) is 6. The monoisotopic (exact) mass is 1060 g/mol. The van der Waals surface area contributed by atoms with Crippen molar-refractivity contribution in [2.24, 2.45) is 11.7 Å². The molecule has 2 aromatic carbocycles. The summed E-state index contributed by atoms with van der Waals surface area (Å²) in [6.07, 6.45) is 7.30. The van der Waals surface area contributed by atoms with Crippen LogP contribution in [0.3, 0.4) is 0 Å². The molecule has 8 amide bonds. The molecular weight excluding hydrogens is 991 g/mol. The first kappa shape index (κ1) is 58.0. The van der Waals surface area contributed by atoms with Gasteiger partial charge in [0, 0.05) is 68.6 Å². The molecule has 0 radical (unpaired) electrons. The number of nitrogens with two attached hydrogens (primary N) is 2. The molecule has 77 heavy (non-hydrogen) atoms. The molecule has 0 unspecified atom stereocenters. The molecule has 23 nitrogen and oxygen atoms in total. The van der Waals surface area contributed by atoms with Crippen LogP contribution in [0.1, 0.15) is 107 Å². The van der Waals surface area contributed by atoms with E-state index in [1.807, 2.05) is 18.2 Å². The third-order valence-electron chi connectivity index (χ3n) is 13.2. The number of fused-ring (bicyclic) bond motifs is 1. The molecule has 0 bridgehead atoms. The highest BCUT2D eigenvalue weighted by atomic mass is 16.5. The molecule has 9 N–H and O–H groups in total. The summed E-state index contributed by atoms with van der Waals surface area (Å²) in [5.41, 5.74) is 15.4. The fourth-order valence-electron chi connectivity index (χ4n) is 8.92. The molecule has 0 aliphatic carbocycles. The number of benzene rings is 2. The van der Waals surface area contributed by atoms with Crippen LogP contribution in [0.4, 0.5) is 21.1 Å². The number of hydrogen-bond donors (Lipinski definition) is 7. The minimum Gasteiger partial charge on any atom is -0.496 e. The Balaban J connectivity index is 0.937. The summed E-state index contributed by atoms with van der Waals surface area (Å²) in [6, 6.07) is 14.0. The van der Waals surface area contributed by atoms with E-state index in [-0.39, 0.29) is 74.0 Å². The van der Waals surface area contributed by atoms with Crippen molar-refractivity contribution in [3.63, 3.8) is 0 Å². The highest BCUT2D eigenvalue weighted by molar-refractivity contribution is 6.12. The van der Waals surface area contributed by atoms with E-state index in [4.69, 9.17) is 25.7 Å². The Labute approximate surface area is 447 Å². The second kappa shape index (κ2) is 28.6. The molecule has 6 rings (SSSR count). The number of ether oxygens (including phenoxy) is 3. The van der Waals surface area contributed by atoms with Gasteiger partial charge in [-0.15, -0.1) is 0 Å². The second-order valence-corrected chi connectivity index (χ2v) is 19.4. The lowest BCUT2D eigenvalue weighted by molar-refractivity contribution is -0.137. The number of nitrogens with one attached hydrogen (secondary N) is 5. The number of nitriles is 1. The summed E-state index contributed by atoms with van der Waals surface area (Å²) in [5.74, 6) is -1.57. The molecule has 2 aliphatic heterocycles. The third-order valence-corrected chi connectivity index (χ3v) is 13.2. The largest absolute Gasteiger partial charge is 0.496 e. The first-order valence-electron chi connectivity index (χ1n) is 26.1. The summed E-state index contributed by atoms with van der Waals surface area (Å²) < 4.78 is 18.9. The number of urea groups is 1. The molecule has 23 heteroatoms. The first-order chi connectivity index (χ1) is 37.0. The zero-order valence-electron chi connectivity index (χ0n) is 44.2. The Morgan fingerprint density at radius 3 is 2.29 bits per heavy atom. The number of methoxy groups -OCH3 is 1. The van der Waals surface area contributed by atoms with Crippen molar-refractivity contribution >= 4 is 64.2 Å². The lowest BCUT2D eigenvalue weighted by Crippen LogP contribution is -2.54. The van der Waals surface area contributed by atoms with E-state index in [9.17, 15) is 38.8 Å². The van der Waals surface area contributed by atoms with Crippen LogP contribution in [-0.2, 0) is 48.4 Å². The number of likely N-dealkylation sites (tertiary alicyclic amines) is 1. The first-order valence-corrected chi connectivity index (χ1v) is 26.1. The van der Waals surface area contributed by atoms with Gasteiger partial charge in [0.15, 0.2) is 5.65 Å². The number of rotatable bonds is 28. The van der Waals surface area contributed by atoms with Crippen LogP contribution in [0.5, 0.6) is 11.8 Å². The number of carbonyl (C=O) groups excluding carboxylic acids is 7. The maximum atomic E-state index is 13.6. The van der Waals surface area contributed by atoms with Crippen LogP contribution in [0.25, 0.3) is 11.0 Å². The molecule has 1 fully saturated rings. The number of amides is 8. The standard InChI is InChI=1S/C54H71N13O10/c1-5-6-27-76-53-63-48(56)41-29-40(30-55)67(49(41)64-53)32-37-16-13-36(28-43(37)75-4)31-65-25-21-39(22-26-65)60-54(74)77-33-35-14-17-38(18-15-35)59-50(71)42(11-10-23-58-52(57)73)61-51(72)47(34(2)3)62-44(68)12-8-7-9-24-66-45(69)19-20-46(66)70/h13-20,28-29,34,39,42,47H,5-12,21-27,31-33H2,1-4H3,(H,59,71)(H,60,74)(H,61,72)(H,62,68)(H2,56,63,64)(H3,57,58,73)/t42-,47-/m0/s1. The number of carbonyl (C=O) groups is 7. The van der Waals surface area contributed by atoms with Crippen LogP contribution < -0.4 is 47.5 Å². The van der Waals surface area contributed by atoms with Gasteiger partial charge in [0.1, 0.15) is 42.0 Å². The van der Waals surface area contributed by atoms with Crippen molar-refractivity contribution in [1.29, 1.82) is 5.26 Å². The fraction of sp³-hybridized carbons (Fsp3) is 0.481. The van der Waals surface area contributed by atoms with E-state index in [1.54, 1.807) is 55.9 Å². The van der Waals surface area contributed by atoms with Crippen LogP contribution in [0, 0.1) is 17.2 Å². The fourth-order valence-corrected chi connectivity index (χ4v) is 8.92. The van der Waals surface area contributed by atoms with Crippen LogP contribution in [-0.4, -0.2) is 124 Å². The Kier molecular flexibility index (Phi) is 21.5. The SMILES string of the molecule is CCCCOc1nc(N)c2cc(C#N)n(Cc3ccc(CN4CCC(NC(=O)OCc5ccc(NC(=O)[C@H](CCCNC(N)=O)NC(=O)[C@@H](NC(=O)CCCCCN6C(=O)C=CC6=O)C(C)C)cc5)CC4)cc3OC)c2n1. The average Bonchev–Trinajstić information content (AvgIpc) is 4.02. The molecule has 2 atom stereocenters. The van der Waals surface area contributed by atoms with Crippen LogP contribution >= 0.6 is 0 Å².